The maximum atomic E-state index is 12.6. The highest BCUT2D eigenvalue weighted by Crippen LogP contribution is 2.20. The first-order valence-electron chi connectivity index (χ1n) is 10.6. The summed E-state index contributed by atoms with van der Waals surface area (Å²) in [5, 5.41) is 0. The molecule has 33 heavy (non-hydrogen) atoms. The Hall–Kier alpha value is -4.50. The fraction of sp³-hybridized carbons (Fsp3) is 0. The van der Waals surface area contributed by atoms with Gasteiger partial charge in [-0.05, 0) is 46.5 Å². The van der Waals surface area contributed by atoms with Crippen molar-refractivity contribution in [3.63, 3.8) is 0 Å². The summed E-state index contributed by atoms with van der Waals surface area (Å²) in [7, 11) is 0. The van der Waals surface area contributed by atoms with E-state index < -0.39 is 5.97 Å². The van der Waals surface area contributed by atoms with Crippen molar-refractivity contribution in [2.45, 2.75) is 0 Å². The summed E-state index contributed by atoms with van der Waals surface area (Å²) >= 11 is 0. The van der Waals surface area contributed by atoms with Crippen LogP contribution in [0, 0.1) is 0 Å². The molecule has 3 heteroatoms. The first-order valence-corrected chi connectivity index (χ1v) is 10.6. The molecule has 0 N–H and O–H groups in total. The van der Waals surface area contributed by atoms with Crippen molar-refractivity contribution in [1.29, 1.82) is 0 Å². The Morgan fingerprint density at radius 1 is 0.576 bits per heavy atom. The predicted molar refractivity (Wildman–Crippen MR) is 133 cm³/mol. The van der Waals surface area contributed by atoms with Gasteiger partial charge < -0.3 is 4.74 Å². The van der Waals surface area contributed by atoms with Crippen molar-refractivity contribution in [3.8, 4) is 16.9 Å². The molecule has 0 aliphatic heterocycles. The summed E-state index contributed by atoms with van der Waals surface area (Å²) < 4.78 is 5.38. The summed E-state index contributed by atoms with van der Waals surface area (Å²) in [4.78, 5) is 24.7. The maximum Gasteiger partial charge on any atom is 0.336 e. The van der Waals surface area contributed by atoms with Crippen LogP contribution in [0.4, 0.5) is 0 Å². The lowest BCUT2D eigenvalue weighted by Crippen LogP contribution is -2.03. The van der Waals surface area contributed by atoms with Gasteiger partial charge in [0, 0.05) is 11.6 Å². The van der Waals surface area contributed by atoms with Crippen molar-refractivity contribution in [1.82, 2.24) is 0 Å². The normalized spacial score (nSPS) is 11.0. The van der Waals surface area contributed by atoms with Gasteiger partial charge in [0.1, 0.15) is 5.75 Å². The molecule has 0 aliphatic carbocycles. The van der Waals surface area contributed by atoms with Crippen molar-refractivity contribution < 1.29 is 14.3 Å². The highest BCUT2D eigenvalue weighted by molar-refractivity contribution is 6.07. The standard InChI is InChI=1S/C30H22O3/c31-29(27-18-16-26(17-19-27)25-11-5-2-6-12-25)20-14-24-10-7-13-28(22-24)33-30(32)21-15-23-8-3-1-4-9-23/h1-22H. The Kier molecular flexibility index (Phi) is 7.04. The molecule has 0 bridgehead atoms. The second kappa shape index (κ2) is 10.7. The van der Waals surface area contributed by atoms with Crippen LogP contribution >= 0.6 is 0 Å². The maximum absolute atomic E-state index is 12.6. The van der Waals surface area contributed by atoms with Crippen molar-refractivity contribution in [2.24, 2.45) is 0 Å². The number of rotatable bonds is 7. The number of hydrogen-bond acceptors (Lipinski definition) is 3. The summed E-state index contributed by atoms with van der Waals surface area (Å²) in [6, 6.07) is 34.1. The van der Waals surface area contributed by atoms with Gasteiger partial charge in [0.15, 0.2) is 5.78 Å². The Morgan fingerprint density at radius 2 is 1.18 bits per heavy atom. The molecule has 0 heterocycles. The molecule has 4 aromatic rings. The fourth-order valence-corrected chi connectivity index (χ4v) is 3.29. The average molecular weight is 431 g/mol. The first-order chi connectivity index (χ1) is 16.2. The number of carbonyl (C=O) groups is 2. The molecule has 3 nitrogen and oxygen atoms in total. The van der Waals surface area contributed by atoms with Crippen LogP contribution in [0.15, 0.2) is 121 Å². The fourth-order valence-electron chi connectivity index (χ4n) is 3.29. The molecule has 0 aliphatic rings. The Morgan fingerprint density at radius 3 is 1.91 bits per heavy atom. The molecule has 160 valence electrons. The minimum atomic E-state index is -0.463. The van der Waals surface area contributed by atoms with Gasteiger partial charge in [-0.15, -0.1) is 0 Å². The van der Waals surface area contributed by atoms with E-state index in [1.165, 1.54) is 12.2 Å². The van der Waals surface area contributed by atoms with Crippen LogP contribution < -0.4 is 4.74 Å². The summed E-state index contributed by atoms with van der Waals surface area (Å²) in [6.45, 7) is 0. The van der Waals surface area contributed by atoms with Crippen LogP contribution in [-0.2, 0) is 4.79 Å². The first kappa shape index (κ1) is 21.7. The monoisotopic (exact) mass is 430 g/mol. The topological polar surface area (TPSA) is 43.4 Å². The third-order valence-electron chi connectivity index (χ3n) is 4.99. The molecule has 4 aromatic carbocycles. The van der Waals surface area contributed by atoms with Gasteiger partial charge in [0.2, 0.25) is 0 Å². The molecule has 0 radical (unpaired) electrons. The summed E-state index contributed by atoms with van der Waals surface area (Å²) in [5.41, 5.74) is 4.46. The number of carbonyl (C=O) groups excluding carboxylic acids is 2. The van der Waals surface area contributed by atoms with Crippen molar-refractivity contribution in [3.05, 3.63) is 138 Å². The quantitative estimate of drug-likeness (QED) is 0.139. The van der Waals surface area contributed by atoms with E-state index in [2.05, 4.69) is 0 Å². The largest absolute Gasteiger partial charge is 0.423 e. The van der Waals surface area contributed by atoms with Crippen LogP contribution in [0.25, 0.3) is 23.3 Å². The van der Waals surface area contributed by atoms with Gasteiger partial charge in [0.25, 0.3) is 0 Å². The average Bonchev–Trinajstić information content (AvgIpc) is 2.87. The number of allylic oxidation sites excluding steroid dienone is 1. The van der Waals surface area contributed by atoms with Crippen LogP contribution in [0.1, 0.15) is 21.5 Å². The number of hydrogen-bond donors (Lipinski definition) is 0. The number of esters is 1. The predicted octanol–water partition coefficient (Wildman–Crippen LogP) is 6.87. The summed E-state index contributed by atoms with van der Waals surface area (Å²) in [6.07, 6.45) is 6.33. The third-order valence-corrected chi connectivity index (χ3v) is 4.99. The summed E-state index contributed by atoms with van der Waals surface area (Å²) in [5.74, 6) is -0.142. The Balaban J connectivity index is 1.38. The number of ketones is 1. The highest BCUT2D eigenvalue weighted by Gasteiger charge is 2.04. The van der Waals surface area contributed by atoms with Gasteiger partial charge >= 0.3 is 5.97 Å². The van der Waals surface area contributed by atoms with Crippen LogP contribution in [0.5, 0.6) is 5.75 Å². The van der Waals surface area contributed by atoms with E-state index in [0.717, 1.165) is 22.3 Å². The number of benzene rings is 4. The van der Waals surface area contributed by atoms with Gasteiger partial charge in [-0.1, -0.05) is 103 Å². The van der Waals surface area contributed by atoms with Crippen LogP contribution in [-0.4, -0.2) is 11.8 Å². The smallest absolute Gasteiger partial charge is 0.336 e. The molecule has 4 rings (SSSR count). The molecule has 0 spiro atoms. The van der Waals surface area contributed by atoms with Gasteiger partial charge in [-0.3, -0.25) is 4.79 Å². The SMILES string of the molecule is O=C(C=Cc1ccccc1)Oc1cccc(C=CC(=O)c2ccc(-c3ccccc3)cc2)c1. The van der Waals surface area contributed by atoms with Crippen LogP contribution in [0.2, 0.25) is 0 Å². The molecule has 0 fully saturated rings. The Bertz CT molecular complexity index is 1290. The van der Waals surface area contributed by atoms with Crippen molar-refractivity contribution in [2.75, 3.05) is 0 Å². The minimum absolute atomic E-state index is 0.0946. The minimum Gasteiger partial charge on any atom is -0.423 e. The molecule has 0 atom stereocenters. The van der Waals surface area contributed by atoms with Gasteiger partial charge in [-0.2, -0.15) is 0 Å². The Labute approximate surface area is 193 Å². The van der Waals surface area contributed by atoms with E-state index in [9.17, 15) is 9.59 Å². The molecule has 0 amide bonds. The van der Waals surface area contributed by atoms with E-state index in [1.54, 1.807) is 30.4 Å². The van der Waals surface area contributed by atoms with Gasteiger partial charge in [-0.25, -0.2) is 4.79 Å². The van der Waals surface area contributed by atoms with E-state index >= 15 is 0 Å². The van der Waals surface area contributed by atoms with E-state index in [4.69, 9.17) is 4.74 Å². The van der Waals surface area contributed by atoms with E-state index in [0.29, 0.717) is 11.3 Å². The lowest BCUT2D eigenvalue weighted by atomic mass is 10.0. The molecular weight excluding hydrogens is 408 g/mol. The molecule has 0 unspecified atom stereocenters. The molecule has 0 saturated carbocycles. The lowest BCUT2D eigenvalue weighted by molar-refractivity contribution is -0.128. The van der Waals surface area contributed by atoms with Gasteiger partial charge in [0.05, 0.1) is 0 Å². The van der Waals surface area contributed by atoms with E-state index in [-0.39, 0.29) is 5.78 Å². The second-order valence-electron chi connectivity index (χ2n) is 7.38. The third kappa shape index (κ3) is 6.25. The van der Waals surface area contributed by atoms with Crippen LogP contribution in [0.3, 0.4) is 0 Å². The molecule has 0 aromatic heterocycles. The zero-order chi connectivity index (χ0) is 22.9. The highest BCUT2D eigenvalue weighted by atomic mass is 16.5. The second-order valence-corrected chi connectivity index (χ2v) is 7.38. The van der Waals surface area contributed by atoms with E-state index in [1.807, 2.05) is 91.0 Å². The number of ether oxygens (including phenoxy) is 1. The zero-order valence-corrected chi connectivity index (χ0v) is 17.9. The zero-order valence-electron chi connectivity index (χ0n) is 17.9. The molecular formula is C30H22O3. The molecule has 0 saturated heterocycles. The lowest BCUT2D eigenvalue weighted by Gasteiger charge is -2.03. The van der Waals surface area contributed by atoms with Crippen molar-refractivity contribution >= 4 is 23.9 Å².